The van der Waals surface area contributed by atoms with Crippen molar-refractivity contribution < 1.29 is 24.2 Å². The number of carbonyl (C=O) groups excluding carboxylic acids is 2. The minimum absolute atomic E-state index is 0.0847. The maximum absolute atomic E-state index is 12.4. The van der Waals surface area contributed by atoms with E-state index in [2.05, 4.69) is 10.3 Å². The van der Waals surface area contributed by atoms with Gasteiger partial charge in [0.25, 0.3) is 0 Å². The third-order valence-electron chi connectivity index (χ3n) is 4.19. The molecule has 0 saturated carbocycles. The van der Waals surface area contributed by atoms with E-state index in [4.69, 9.17) is 9.47 Å². The van der Waals surface area contributed by atoms with E-state index in [1.54, 1.807) is 29.2 Å². The van der Waals surface area contributed by atoms with Crippen LogP contribution in [0.25, 0.3) is 0 Å². The SMILES string of the molecule is O=C(Nc1ncccc1O)C1CC(=O)N(c2ccc3c(c2)OCO3)C1. The third-order valence-corrected chi connectivity index (χ3v) is 4.19. The molecule has 4 rings (SSSR count). The minimum Gasteiger partial charge on any atom is -0.504 e. The van der Waals surface area contributed by atoms with Crippen molar-refractivity contribution in [2.24, 2.45) is 5.92 Å². The molecule has 128 valence electrons. The van der Waals surface area contributed by atoms with Gasteiger partial charge in [-0.3, -0.25) is 9.59 Å². The monoisotopic (exact) mass is 341 g/mol. The van der Waals surface area contributed by atoms with Crippen LogP contribution in [0.4, 0.5) is 11.5 Å². The van der Waals surface area contributed by atoms with Crippen molar-refractivity contribution in [3.63, 3.8) is 0 Å². The van der Waals surface area contributed by atoms with E-state index in [0.29, 0.717) is 17.2 Å². The number of anilines is 2. The van der Waals surface area contributed by atoms with E-state index in [9.17, 15) is 14.7 Å². The molecule has 1 aromatic heterocycles. The van der Waals surface area contributed by atoms with Crippen molar-refractivity contribution in [3.05, 3.63) is 36.5 Å². The van der Waals surface area contributed by atoms with Crippen molar-refractivity contribution >= 4 is 23.3 Å². The first-order valence-corrected chi connectivity index (χ1v) is 7.76. The Morgan fingerprint density at radius 3 is 2.96 bits per heavy atom. The number of nitrogens with zero attached hydrogens (tertiary/aromatic N) is 2. The van der Waals surface area contributed by atoms with Crippen molar-refractivity contribution in [2.45, 2.75) is 6.42 Å². The Labute approximate surface area is 143 Å². The van der Waals surface area contributed by atoms with Gasteiger partial charge in [0.15, 0.2) is 23.1 Å². The standard InChI is InChI=1S/C17H15N3O5/c21-12-2-1-5-18-16(12)19-17(23)10-6-15(22)20(8-10)11-3-4-13-14(7-11)25-9-24-13/h1-5,7,10,21H,6,8-9H2,(H,18,19,23). The van der Waals surface area contributed by atoms with E-state index in [-0.39, 0.29) is 43.1 Å². The number of benzene rings is 1. The van der Waals surface area contributed by atoms with Gasteiger partial charge in [0.05, 0.1) is 5.92 Å². The summed E-state index contributed by atoms with van der Waals surface area (Å²) in [5.41, 5.74) is 0.658. The predicted molar refractivity (Wildman–Crippen MR) is 87.6 cm³/mol. The van der Waals surface area contributed by atoms with Gasteiger partial charge in [-0.15, -0.1) is 0 Å². The van der Waals surface area contributed by atoms with E-state index in [1.807, 2.05) is 0 Å². The van der Waals surface area contributed by atoms with Gasteiger partial charge in [-0.1, -0.05) is 0 Å². The fourth-order valence-corrected chi connectivity index (χ4v) is 2.90. The Hall–Kier alpha value is -3.29. The molecule has 1 aromatic carbocycles. The molecule has 3 heterocycles. The fourth-order valence-electron chi connectivity index (χ4n) is 2.90. The first-order valence-electron chi connectivity index (χ1n) is 7.76. The third kappa shape index (κ3) is 2.82. The Morgan fingerprint density at radius 2 is 2.12 bits per heavy atom. The zero-order valence-corrected chi connectivity index (χ0v) is 13.1. The molecule has 8 nitrogen and oxygen atoms in total. The van der Waals surface area contributed by atoms with Crippen LogP contribution < -0.4 is 19.7 Å². The lowest BCUT2D eigenvalue weighted by atomic mass is 10.1. The zero-order valence-electron chi connectivity index (χ0n) is 13.1. The van der Waals surface area contributed by atoms with Gasteiger partial charge < -0.3 is 24.8 Å². The number of hydrogen-bond acceptors (Lipinski definition) is 6. The summed E-state index contributed by atoms with van der Waals surface area (Å²) in [4.78, 5) is 30.2. The maximum atomic E-state index is 12.4. The van der Waals surface area contributed by atoms with Gasteiger partial charge in [-0.25, -0.2) is 4.98 Å². The van der Waals surface area contributed by atoms with Crippen LogP contribution in [0.15, 0.2) is 36.5 Å². The molecule has 2 aromatic rings. The highest BCUT2D eigenvalue weighted by molar-refractivity contribution is 6.03. The molecule has 2 aliphatic rings. The Morgan fingerprint density at radius 1 is 1.28 bits per heavy atom. The molecular weight excluding hydrogens is 326 g/mol. The van der Waals surface area contributed by atoms with Gasteiger partial charge in [-0.2, -0.15) is 0 Å². The first kappa shape index (κ1) is 15.3. The molecule has 2 amide bonds. The molecule has 8 heteroatoms. The highest BCUT2D eigenvalue weighted by Crippen LogP contribution is 2.37. The highest BCUT2D eigenvalue weighted by Gasteiger charge is 2.36. The Bertz CT molecular complexity index is 854. The van der Waals surface area contributed by atoms with E-state index >= 15 is 0 Å². The number of aromatic hydroxyl groups is 1. The molecule has 2 aliphatic heterocycles. The molecule has 0 bridgehead atoms. The number of fused-ring (bicyclic) bond motifs is 1. The summed E-state index contributed by atoms with van der Waals surface area (Å²) in [6, 6.07) is 8.22. The largest absolute Gasteiger partial charge is 0.504 e. The van der Waals surface area contributed by atoms with Crippen LogP contribution in [0.1, 0.15) is 6.42 Å². The molecule has 0 radical (unpaired) electrons. The van der Waals surface area contributed by atoms with Crippen LogP contribution in [0, 0.1) is 5.92 Å². The van der Waals surface area contributed by atoms with E-state index in [0.717, 1.165) is 0 Å². The van der Waals surface area contributed by atoms with Crippen LogP contribution >= 0.6 is 0 Å². The molecule has 1 saturated heterocycles. The fraction of sp³-hybridized carbons (Fsp3) is 0.235. The summed E-state index contributed by atoms with van der Waals surface area (Å²) in [5.74, 6) is 0.149. The number of carbonyl (C=O) groups is 2. The minimum atomic E-state index is -0.528. The summed E-state index contributed by atoms with van der Waals surface area (Å²) >= 11 is 0. The van der Waals surface area contributed by atoms with Crippen molar-refractivity contribution in [3.8, 4) is 17.2 Å². The second kappa shape index (κ2) is 5.97. The van der Waals surface area contributed by atoms with Gasteiger partial charge in [0, 0.05) is 30.9 Å². The number of nitrogens with one attached hydrogen (secondary N) is 1. The quantitative estimate of drug-likeness (QED) is 0.877. The smallest absolute Gasteiger partial charge is 0.231 e. The molecule has 1 unspecified atom stereocenters. The van der Waals surface area contributed by atoms with Crippen LogP contribution in [0.3, 0.4) is 0 Å². The Balaban J connectivity index is 1.48. The molecular formula is C17H15N3O5. The lowest BCUT2D eigenvalue weighted by Crippen LogP contribution is -2.28. The molecule has 0 spiro atoms. The summed E-state index contributed by atoms with van der Waals surface area (Å²) in [6.07, 6.45) is 1.56. The van der Waals surface area contributed by atoms with Crippen LogP contribution in [0.2, 0.25) is 0 Å². The number of ether oxygens (including phenoxy) is 2. The maximum Gasteiger partial charge on any atom is 0.231 e. The van der Waals surface area contributed by atoms with Crippen LogP contribution in [-0.4, -0.2) is 35.2 Å². The lowest BCUT2D eigenvalue weighted by Gasteiger charge is -2.17. The zero-order chi connectivity index (χ0) is 17.4. The topological polar surface area (TPSA) is 101 Å². The number of rotatable bonds is 3. The number of aromatic nitrogens is 1. The number of hydrogen-bond donors (Lipinski definition) is 2. The number of amides is 2. The molecule has 0 aliphatic carbocycles. The van der Waals surface area contributed by atoms with Crippen molar-refractivity contribution in [1.29, 1.82) is 0 Å². The summed E-state index contributed by atoms with van der Waals surface area (Å²) in [5, 5.41) is 12.3. The second-order valence-electron chi connectivity index (χ2n) is 5.80. The first-order chi connectivity index (χ1) is 12.1. The van der Waals surface area contributed by atoms with Crippen LogP contribution in [-0.2, 0) is 9.59 Å². The average Bonchev–Trinajstić information content (AvgIpc) is 3.22. The summed E-state index contributed by atoms with van der Waals surface area (Å²) < 4.78 is 10.6. The normalized spacial score (nSPS) is 18.5. The van der Waals surface area contributed by atoms with E-state index < -0.39 is 5.92 Å². The van der Waals surface area contributed by atoms with Gasteiger partial charge in [0.1, 0.15) is 0 Å². The molecule has 1 atom stereocenters. The predicted octanol–water partition coefficient (Wildman–Crippen LogP) is 1.51. The number of pyridine rings is 1. The molecule has 1 fully saturated rings. The lowest BCUT2D eigenvalue weighted by molar-refractivity contribution is -0.122. The Kier molecular flexibility index (Phi) is 3.64. The summed E-state index contributed by atoms with van der Waals surface area (Å²) in [6.45, 7) is 0.406. The van der Waals surface area contributed by atoms with Crippen LogP contribution in [0.5, 0.6) is 17.2 Å². The summed E-state index contributed by atoms with van der Waals surface area (Å²) in [7, 11) is 0. The molecule has 2 N–H and O–H groups in total. The van der Waals surface area contributed by atoms with E-state index in [1.165, 1.54) is 12.3 Å². The van der Waals surface area contributed by atoms with Crippen molar-refractivity contribution in [1.82, 2.24) is 4.98 Å². The van der Waals surface area contributed by atoms with Crippen molar-refractivity contribution in [2.75, 3.05) is 23.6 Å². The van der Waals surface area contributed by atoms with Gasteiger partial charge >= 0.3 is 0 Å². The second-order valence-corrected chi connectivity index (χ2v) is 5.80. The average molecular weight is 341 g/mol. The molecule has 25 heavy (non-hydrogen) atoms. The van der Waals surface area contributed by atoms with Gasteiger partial charge in [0.2, 0.25) is 18.6 Å². The van der Waals surface area contributed by atoms with Gasteiger partial charge in [-0.05, 0) is 24.3 Å². The highest BCUT2D eigenvalue weighted by atomic mass is 16.7.